The molecule has 1 heteroatoms. The van der Waals surface area contributed by atoms with Gasteiger partial charge in [0, 0.05) is 0 Å². The van der Waals surface area contributed by atoms with Crippen LogP contribution in [0.25, 0.3) is 0 Å². The second-order valence-electron chi connectivity index (χ2n) is 8.26. The van der Waals surface area contributed by atoms with Gasteiger partial charge in [-0.3, -0.25) is 0 Å². The minimum atomic E-state index is -1.21. The van der Waals surface area contributed by atoms with Crippen LogP contribution in [-0.2, 0) is 11.5 Å². The first-order valence-electron chi connectivity index (χ1n) is 7.03. The minimum Gasteiger partial charge on any atom is -0.0687 e. The number of hydrogen-bond acceptors (Lipinski definition) is 0. The van der Waals surface area contributed by atoms with Crippen LogP contribution in [0, 0.1) is 0 Å². The van der Waals surface area contributed by atoms with Crippen LogP contribution in [0.5, 0.6) is 0 Å². The summed E-state index contributed by atoms with van der Waals surface area (Å²) in [4.78, 5) is 0. The predicted molar refractivity (Wildman–Crippen MR) is 86.0 cm³/mol. The van der Waals surface area contributed by atoms with Crippen molar-refractivity contribution in [3.8, 4) is 0 Å². The molecule has 0 bridgehead atoms. The van der Waals surface area contributed by atoms with Gasteiger partial charge in [-0.05, 0) is 22.1 Å². The van der Waals surface area contributed by atoms with Crippen molar-refractivity contribution in [2.45, 2.75) is 71.1 Å². The number of benzene rings is 1. The third-order valence-electron chi connectivity index (χ3n) is 4.50. The molecule has 0 atom stereocenters. The Morgan fingerprint density at radius 3 is 1.61 bits per heavy atom. The Balaban J connectivity index is 2.89. The molecule has 0 saturated carbocycles. The molecule has 0 aliphatic rings. The molecule has 0 nitrogen and oxygen atoms in total. The smallest absolute Gasteiger partial charge is 0.0571 e. The zero-order valence-electron chi connectivity index (χ0n) is 13.5. The predicted octanol–water partition coefficient (Wildman–Crippen LogP) is 5.57. The molecule has 1 aromatic rings. The average molecular weight is 263 g/mol. The van der Waals surface area contributed by atoms with Crippen molar-refractivity contribution in [2.24, 2.45) is 0 Å². The lowest BCUT2D eigenvalue weighted by molar-refractivity contribution is 0.590. The van der Waals surface area contributed by atoms with Crippen LogP contribution in [0.15, 0.2) is 24.3 Å². The summed E-state index contributed by atoms with van der Waals surface area (Å²) in [5.74, 6) is 0. The van der Waals surface area contributed by atoms with Crippen LogP contribution < -0.4 is 0 Å². The maximum absolute atomic E-state index is 2.50. The topological polar surface area (TPSA) is 0 Å². The van der Waals surface area contributed by atoms with Crippen molar-refractivity contribution in [2.75, 3.05) is 0 Å². The zero-order chi connectivity index (χ0) is 14.2. The monoisotopic (exact) mass is 262 g/mol. The summed E-state index contributed by atoms with van der Waals surface area (Å²) in [6.45, 7) is 19.0. The van der Waals surface area contributed by atoms with Gasteiger partial charge in [-0.15, -0.1) is 0 Å². The van der Waals surface area contributed by atoms with E-state index in [2.05, 4.69) is 78.9 Å². The van der Waals surface area contributed by atoms with Crippen molar-refractivity contribution < 1.29 is 0 Å². The quantitative estimate of drug-likeness (QED) is 0.611. The highest BCUT2D eigenvalue weighted by molar-refractivity contribution is 6.79. The van der Waals surface area contributed by atoms with Crippen LogP contribution in [-0.4, -0.2) is 8.07 Å². The summed E-state index contributed by atoms with van der Waals surface area (Å²) in [5, 5.41) is 0.468. The van der Waals surface area contributed by atoms with Crippen molar-refractivity contribution in [3.63, 3.8) is 0 Å². The van der Waals surface area contributed by atoms with Crippen molar-refractivity contribution in [3.05, 3.63) is 35.4 Å². The molecule has 1 rings (SSSR count). The van der Waals surface area contributed by atoms with E-state index in [-0.39, 0.29) is 5.41 Å². The molecule has 0 aliphatic heterocycles. The minimum absolute atomic E-state index is 0.259. The summed E-state index contributed by atoms with van der Waals surface area (Å²) < 4.78 is 0. The average Bonchev–Trinajstić information content (AvgIpc) is 2.14. The Labute approximate surface area is 115 Å². The number of hydrogen-bond donors (Lipinski definition) is 0. The van der Waals surface area contributed by atoms with Gasteiger partial charge in [0.2, 0.25) is 0 Å². The van der Waals surface area contributed by atoms with Crippen LogP contribution in [0.1, 0.15) is 52.7 Å². The molecule has 0 N–H and O–H groups in total. The summed E-state index contributed by atoms with van der Waals surface area (Å²) >= 11 is 0. The summed E-state index contributed by atoms with van der Waals surface area (Å²) in [6.07, 6.45) is 0. The molecular formula is C17H30Si. The normalized spacial score (nSPS) is 13.8. The Hall–Kier alpha value is -0.563. The molecule has 0 aliphatic carbocycles. The Morgan fingerprint density at radius 1 is 0.833 bits per heavy atom. The van der Waals surface area contributed by atoms with E-state index in [0.29, 0.717) is 5.04 Å². The standard InChI is InChI=1S/C17H30Si/c1-16(2,3)15-11-9-14(10-12-15)13-18(7,8)17(4,5)6/h9-12H,13H2,1-8H3. The third kappa shape index (κ3) is 3.71. The van der Waals surface area contributed by atoms with Gasteiger partial charge < -0.3 is 0 Å². The van der Waals surface area contributed by atoms with Crippen LogP contribution in [0.4, 0.5) is 0 Å². The van der Waals surface area contributed by atoms with E-state index in [1.54, 1.807) is 0 Å². The zero-order valence-corrected chi connectivity index (χ0v) is 14.5. The Bertz CT molecular complexity index is 385. The second-order valence-corrected chi connectivity index (χ2v) is 13.9. The van der Waals surface area contributed by atoms with Crippen molar-refractivity contribution in [1.29, 1.82) is 0 Å². The highest BCUT2D eigenvalue weighted by atomic mass is 28.3. The lowest BCUT2D eigenvalue weighted by atomic mass is 9.87. The molecule has 0 heterocycles. The molecule has 0 fully saturated rings. The first-order chi connectivity index (χ1) is 7.93. The molecule has 0 aromatic heterocycles. The lowest BCUT2D eigenvalue weighted by Gasteiger charge is -2.37. The summed E-state index contributed by atoms with van der Waals surface area (Å²) in [6, 6.07) is 10.6. The van der Waals surface area contributed by atoms with E-state index in [1.165, 1.54) is 17.2 Å². The van der Waals surface area contributed by atoms with Crippen LogP contribution in [0.2, 0.25) is 18.1 Å². The van der Waals surface area contributed by atoms with Gasteiger partial charge in [0.05, 0.1) is 8.07 Å². The van der Waals surface area contributed by atoms with Crippen LogP contribution in [0.3, 0.4) is 0 Å². The lowest BCUT2D eigenvalue weighted by Crippen LogP contribution is -2.39. The summed E-state index contributed by atoms with van der Waals surface area (Å²) in [5.41, 5.74) is 3.20. The van der Waals surface area contributed by atoms with Gasteiger partial charge in [0.25, 0.3) is 0 Å². The highest BCUT2D eigenvalue weighted by Gasteiger charge is 2.34. The summed E-state index contributed by atoms with van der Waals surface area (Å²) in [7, 11) is -1.21. The van der Waals surface area contributed by atoms with Gasteiger partial charge in [-0.1, -0.05) is 84.5 Å². The maximum atomic E-state index is 2.50. The molecule has 0 amide bonds. The first kappa shape index (κ1) is 15.5. The van der Waals surface area contributed by atoms with Gasteiger partial charge in [-0.2, -0.15) is 0 Å². The third-order valence-corrected chi connectivity index (χ3v) is 9.85. The van der Waals surface area contributed by atoms with Crippen molar-refractivity contribution in [1.82, 2.24) is 0 Å². The van der Waals surface area contributed by atoms with E-state index < -0.39 is 8.07 Å². The van der Waals surface area contributed by atoms with E-state index >= 15 is 0 Å². The number of rotatable bonds is 2. The molecule has 0 radical (unpaired) electrons. The van der Waals surface area contributed by atoms with Gasteiger partial charge >= 0.3 is 0 Å². The van der Waals surface area contributed by atoms with Crippen molar-refractivity contribution >= 4 is 8.07 Å². The molecule has 18 heavy (non-hydrogen) atoms. The van der Waals surface area contributed by atoms with E-state index in [1.807, 2.05) is 0 Å². The fraction of sp³-hybridized carbons (Fsp3) is 0.647. The fourth-order valence-corrected chi connectivity index (χ4v) is 3.68. The molecular weight excluding hydrogens is 232 g/mol. The fourth-order valence-electron chi connectivity index (χ4n) is 1.90. The second kappa shape index (κ2) is 4.84. The largest absolute Gasteiger partial charge is 0.0687 e. The van der Waals surface area contributed by atoms with E-state index in [4.69, 9.17) is 0 Å². The Morgan fingerprint density at radius 2 is 1.28 bits per heavy atom. The molecule has 0 unspecified atom stereocenters. The van der Waals surface area contributed by atoms with Gasteiger partial charge in [0.15, 0.2) is 0 Å². The van der Waals surface area contributed by atoms with E-state index in [0.717, 1.165) is 0 Å². The molecule has 0 saturated heterocycles. The Kier molecular flexibility index (Phi) is 4.17. The molecule has 1 aromatic carbocycles. The SMILES string of the molecule is CC(C)(C)c1ccc(C[Si](C)(C)C(C)(C)C)cc1. The molecule has 102 valence electrons. The maximum Gasteiger partial charge on any atom is 0.0571 e. The van der Waals surface area contributed by atoms with Crippen LogP contribution >= 0.6 is 0 Å². The van der Waals surface area contributed by atoms with E-state index in [9.17, 15) is 0 Å². The highest BCUT2D eigenvalue weighted by Crippen LogP contribution is 2.38. The molecule has 0 spiro atoms. The van der Waals surface area contributed by atoms with Gasteiger partial charge in [-0.25, -0.2) is 0 Å². The van der Waals surface area contributed by atoms with Gasteiger partial charge in [0.1, 0.15) is 0 Å². The first-order valence-corrected chi connectivity index (χ1v) is 10.2.